The van der Waals surface area contributed by atoms with E-state index < -0.39 is 5.92 Å². The molecular formula is C25H18N2O3S2. The third-order valence-electron chi connectivity index (χ3n) is 5.22. The Bertz CT molecular complexity index is 1280. The van der Waals surface area contributed by atoms with Crippen LogP contribution in [0.25, 0.3) is 10.1 Å². The monoisotopic (exact) mass is 458 g/mol. The highest BCUT2D eigenvalue weighted by atomic mass is 32.1. The number of ether oxygens (including phenoxy) is 1. The Morgan fingerprint density at radius 3 is 2.34 bits per heavy atom. The molecule has 1 aliphatic heterocycles. The maximum atomic E-state index is 13.3. The number of carbonyl (C=O) groups is 2. The predicted molar refractivity (Wildman–Crippen MR) is 130 cm³/mol. The van der Waals surface area contributed by atoms with Crippen molar-refractivity contribution >= 4 is 56.3 Å². The number of hydrogen-bond acceptors (Lipinski definition) is 5. The number of nitrogens with zero attached hydrogens (tertiary/aromatic N) is 1. The number of fused-ring (bicyclic) bond motifs is 1. The molecule has 2 amide bonds. The van der Waals surface area contributed by atoms with E-state index in [1.54, 1.807) is 35.6 Å². The van der Waals surface area contributed by atoms with Crippen LogP contribution in [0.3, 0.4) is 0 Å². The van der Waals surface area contributed by atoms with Gasteiger partial charge in [-0.05, 0) is 66.1 Å². The number of para-hydroxylation sites is 1. The summed E-state index contributed by atoms with van der Waals surface area (Å²) in [6.45, 7) is 0. The molecule has 1 N–H and O–H groups in total. The fourth-order valence-corrected chi connectivity index (χ4v) is 5.07. The van der Waals surface area contributed by atoms with Gasteiger partial charge in [0, 0.05) is 16.0 Å². The van der Waals surface area contributed by atoms with Gasteiger partial charge in [0.15, 0.2) is 5.11 Å². The molecule has 0 bridgehead atoms. The Balaban J connectivity index is 1.36. The summed E-state index contributed by atoms with van der Waals surface area (Å²) in [5.41, 5.74) is 0.585. The van der Waals surface area contributed by atoms with Gasteiger partial charge in [-0.15, -0.1) is 11.3 Å². The highest BCUT2D eigenvalue weighted by Gasteiger charge is 2.39. The number of benzene rings is 3. The van der Waals surface area contributed by atoms with E-state index in [1.165, 1.54) is 4.90 Å². The highest BCUT2D eigenvalue weighted by molar-refractivity contribution is 7.80. The molecule has 1 aliphatic rings. The minimum atomic E-state index is -0.838. The van der Waals surface area contributed by atoms with Crippen LogP contribution >= 0.6 is 23.6 Å². The second-order valence-electron chi connectivity index (χ2n) is 7.38. The van der Waals surface area contributed by atoms with Crippen LogP contribution in [0.4, 0.5) is 5.69 Å². The molecule has 3 aromatic carbocycles. The molecule has 32 heavy (non-hydrogen) atoms. The summed E-state index contributed by atoms with van der Waals surface area (Å²) < 4.78 is 6.95. The number of amides is 2. The van der Waals surface area contributed by atoms with Gasteiger partial charge in [0.25, 0.3) is 0 Å². The second-order valence-corrected chi connectivity index (χ2v) is 8.94. The van der Waals surface area contributed by atoms with Crippen molar-refractivity contribution in [2.45, 2.75) is 6.42 Å². The largest absolute Gasteiger partial charge is 0.457 e. The van der Waals surface area contributed by atoms with Gasteiger partial charge in [-0.2, -0.15) is 0 Å². The number of rotatable bonds is 5. The zero-order chi connectivity index (χ0) is 22.1. The van der Waals surface area contributed by atoms with Crippen LogP contribution in [-0.4, -0.2) is 16.9 Å². The smallest absolute Gasteiger partial charge is 0.246 e. The summed E-state index contributed by atoms with van der Waals surface area (Å²) >= 11 is 6.91. The van der Waals surface area contributed by atoms with Gasteiger partial charge in [-0.3, -0.25) is 14.5 Å². The van der Waals surface area contributed by atoms with Crippen LogP contribution in [-0.2, 0) is 16.0 Å². The number of thiophene rings is 1. The molecule has 1 unspecified atom stereocenters. The topological polar surface area (TPSA) is 58.6 Å². The van der Waals surface area contributed by atoms with E-state index in [0.717, 1.165) is 20.7 Å². The molecule has 1 fully saturated rings. The lowest BCUT2D eigenvalue weighted by molar-refractivity contribution is -0.133. The van der Waals surface area contributed by atoms with Crippen molar-refractivity contribution < 1.29 is 14.3 Å². The van der Waals surface area contributed by atoms with E-state index in [9.17, 15) is 9.59 Å². The number of anilines is 1. The first-order chi connectivity index (χ1) is 15.6. The summed E-state index contributed by atoms with van der Waals surface area (Å²) in [4.78, 5) is 28.3. The van der Waals surface area contributed by atoms with Gasteiger partial charge in [0.05, 0.1) is 5.69 Å². The minimum absolute atomic E-state index is 0.0873. The van der Waals surface area contributed by atoms with Gasteiger partial charge in [-0.1, -0.05) is 36.4 Å². The first-order valence-electron chi connectivity index (χ1n) is 10.1. The van der Waals surface area contributed by atoms with Crippen LogP contribution in [0.2, 0.25) is 0 Å². The third kappa shape index (κ3) is 4.00. The molecule has 4 aromatic rings. The Kier molecular flexibility index (Phi) is 5.43. The Labute approximate surface area is 194 Å². The average Bonchev–Trinajstić information content (AvgIpc) is 3.21. The Morgan fingerprint density at radius 1 is 0.906 bits per heavy atom. The standard InChI is InChI=1S/C25H18N2O3S2/c28-23-21(15-20-14-16-6-4-5-9-22(16)32-20)24(29)27(25(31)26-23)17-10-12-19(13-11-17)30-18-7-2-1-3-8-18/h1-14,21H,15H2,(H,26,28,31). The molecule has 7 heteroatoms. The quantitative estimate of drug-likeness (QED) is 0.326. The van der Waals surface area contributed by atoms with Crippen molar-refractivity contribution in [2.24, 2.45) is 5.92 Å². The lowest BCUT2D eigenvalue weighted by Crippen LogP contribution is -2.58. The van der Waals surface area contributed by atoms with E-state index in [4.69, 9.17) is 17.0 Å². The van der Waals surface area contributed by atoms with E-state index in [-0.39, 0.29) is 16.9 Å². The lowest BCUT2D eigenvalue weighted by Gasteiger charge is -2.32. The van der Waals surface area contributed by atoms with E-state index in [1.807, 2.05) is 60.7 Å². The first kappa shape index (κ1) is 20.4. The highest BCUT2D eigenvalue weighted by Crippen LogP contribution is 2.30. The van der Waals surface area contributed by atoms with Gasteiger partial charge in [0.2, 0.25) is 11.8 Å². The van der Waals surface area contributed by atoms with Crippen LogP contribution < -0.4 is 15.0 Å². The molecule has 1 atom stereocenters. The minimum Gasteiger partial charge on any atom is -0.457 e. The zero-order valence-electron chi connectivity index (χ0n) is 16.9. The molecular weight excluding hydrogens is 440 g/mol. The van der Waals surface area contributed by atoms with Crippen LogP contribution in [0, 0.1) is 5.92 Å². The number of thiocarbonyl (C=S) groups is 1. The van der Waals surface area contributed by atoms with Crippen LogP contribution in [0.5, 0.6) is 11.5 Å². The van der Waals surface area contributed by atoms with Crippen molar-refractivity contribution in [3.63, 3.8) is 0 Å². The first-order valence-corrected chi connectivity index (χ1v) is 11.3. The van der Waals surface area contributed by atoms with Crippen molar-refractivity contribution in [3.8, 4) is 11.5 Å². The Hall–Kier alpha value is -3.55. The van der Waals surface area contributed by atoms with E-state index in [0.29, 0.717) is 17.9 Å². The van der Waals surface area contributed by atoms with Crippen molar-refractivity contribution in [2.75, 3.05) is 4.90 Å². The molecule has 5 rings (SSSR count). The molecule has 0 saturated carbocycles. The number of hydrogen-bond donors (Lipinski definition) is 1. The summed E-state index contributed by atoms with van der Waals surface area (Å²) in [6.07, 6.45) is 0.332. The molecule has 1 aromatic heterocycles. The van der Waals surface area contributed by atoms with Crippen LogP contribution in [0.1, 0.15) is 4.88 Å². The molecule has 2 heterocycles. The van der Waals surface area contributed by atoms with Crippen molar-refractivity contribution in [1.82, 2.24) is 5.32 Å². The molecule has 0 aliphatic carbocycles. The zero-order valence-corrected chi connectivity index (χ0v) is 18.5. The van der Waals surface area contributed by atoms with Crippen molar-refractivity contribution in [1.29, 1.82) is 0 Å². The van der Waals surface area contributed by atoms with E-state index >= 15 is 0 Å². The normalized spacial score (nSPS) is 16.3. The molecule has 0 spiro atoms. The maximum Gasteiger partial charge on any atom is 0.246 e. The molecule has 5 nitrogen and oxygen atoms in total. The van der Waals surface area contributed by atoms with Gasteiger partial charge in [0.1, 0.15) is 17.4 Å². The van der Waals surface area contributed by atoms with Gasteiger partial charge < -0.3 is 10.1 Å². The maximum absolute atomic E-state index is 13.3. The average molecular weight is 459 g/mol. The van der Waals surface area contributed by atoms with Crippen molar-refractivity contribution in [3.05, 3.63) is 89.8 Å². The van der Waals surface area contributed by atoms with Gasteiger partial charge in [-0.25, -0.2) is 0 Å². The van der Waals surface area contributed by atoms with E-state index in [2.05, 4.69) is 5.32 Å². The SMILES string of the molecule is O=C1NC(=S)N(c2ccc(Oc3ccccc3)cc2)C(=O)C1Cc1cc2ccccc2s1. The van der Waals surface area contributed by atoms with Crippen LogP contribution in [0.15, 0.2) is 84.9 Å². The second kappa shape index (κ2) is 8.53. The molecule has 158 valence electrons. The molecule has 0 radical (unpaired) electrons. The fraction of sp³-hybridized carbons (Fsp3) is 0.0800. The number of nitrogens with one attached hydrogen (secondary N) is 1. The summed E-state index contributed by atoms with van der Waals surface area (Å²) in [6, 6.07) is 26.6. The fourth-order valence-electron chi connectivity index (χ4n) is 3.67. The predicted octanol–water partition coefficient (Wildman–Crippen LogP) is 5.30. The summed E-state index contributed by atoms with van der Waals surface area (Å²) in [5, 5.41) is 3.88. The Morgan fingerprint density at radius 2 is 1.59 bits per heavy atom. The lowest BCUT2D eigenvalue weighted by atomic mass is 9.99. The summed E-state index contributed by atoms with van der Waals surface area (Å²) in [7, 11) is 0. The van der Waals surface area contributed by atoms with Gasteiger partial charge >= 0.3 is 0 Å². The summed E-state index contributed by atoms with van der Waals surface area (Å²) in [5.74, 6) is -0.164. The number of carbonyl (C=O) groups excluding carboxylic acids is 2. The molecule has 1 saturated heterocycles. The third-order valence-corrected chi connectivity index (χ3v) is 6.65.